The lowest BCUT2D eigenvalue weighted by Crippen LogP contribution is -2.33. The Labute approximate surface area is 103 Å². The number of nitrogens with zero attached hydrogens (tertiary/aromatic N) is 1. The number of piperidine rings is 1. The molecule has 1 heterocycles. The molecule has 1 fully saturated rings. The zero-order chi connectivity index (χ0) is 11.5. The molecule has 0 aromatic heterocycles. The lowest BCUT2D eigenvalue weighted by atomic mass is 10.1. The Balaban J connectivity index is 2.01. The lowest BCUT2D eigenvalue weighted by Gasteiger charge is -2.30. The van der Waals surface area contributed by atoms with Crippen LogP contribution >= 0.6 is 12.6 Å². The maximum Gasteiger partial charge on any atom is 0.0389 e. The molecule has 0 saturated carbocycles. The molecule has 2 nitrogen and oxygen atoms in total. The maximum atomic E-state index is 6.09. The van der Waals surface area contributed by atoms with Gasteiger partial charge in [0, 0.05) is 17.5 Å². The van der Waals surface area contributed by atoms with Gasteiger partial charge in [-0.3, -0.25) is 4.90 Å². The molecule has 0 atom stereocenters. The minimum absolute atomic E-state index is 0.589. The van der Waals surface area contributed by atoms with Crippen LogP contribution in [-0.4, -0.2) is 23.2 Å². The van der Waals surface area contributed by atoms with Crippen LogP contribution in [0.15, 0.2) is 18.2 Å². The van der Waals surface area contributed by atoms with Gasteiger partial charge in [-0.05, 0) is 44.0 Å². The van der Waals surface area contributed by atoms with E-state index >= 15 is 0 Å². The van der Waals surface area contributed by atoms with Crippen molar-refractivity contribution in [2.24, 2.45) is 0 Å². The Morgan fingerprint density at radius 2 is 2.06 bits per heavy atom. The Kier molecular flexibility index (Phi) is 3.77. The Bertz CT molecular complexity index is 357. The van der Waals surface area contributed by atoms with Crippen molar-refractivity contribution in [1.82, 2.24) is 4.90 Å². The van der Waals surface area contributed by atoms with Gasteiger partial charge >= 0.3 is 0 Å². The molecule has 2 rings (SSSR count). The molecule has 16 heavy (non-hydrogen) atoms. The van der Waals surface area contributed by atoms with Crippen molar-refractivity contribution in [2.45, 2.75) is 31.6 Å². The number of nitrogens with two attached hydrogens (primary N) is 1. The molecule has 88 valence electrons. The number of rotatable bonds is 2. The third-order valence-electron chi connectivity index (χ3n) is 3.37. The Morgan fingerprint density at radius 1 is 1.38 bits per heavy atom. The van der Waals surface area contributed by atoms with Crippen molar-refractivity contribution in [2.75, 3.05) is 18.8 Å². The highest BCUT2D eigenvalue weighted by molar-refractivity contribution is 7.80. The quantitative estimate of drug-likeness (QED) is 0.610. The number of anilines is 1. The standard InChI is InChI=1S/C13H20N2S/c1-10-3-2-4-11(13(10)14)9-15-7-5-12(16)6-8-15/h2-4,12,16H,5-9,14H2,1H3. The van der Waals surface area contributed by atoms with Crippen LogP contribution in [0.3, 0.4) is 0 Å². The normalized spacial score (nSPS) is 18.9. The van der Waals surface area contributed by atoms with E-state index in [0.29, 0.717) is 5.25 Å². The van der Waals surface area contributed by atoms with Gasteiger partial charge in [-0.25, -0.2) is 0 Å². The molecular weight excluding hydrogens is 216 g/mol. The molecule has 1 aliphatic rings. The molecule has 0 bridgehead atoms. The molecule has 3 heteroatoms. The van der Waals surface area contributed by atoms with Crippen LogP contribution in [0.2, 0.25) is 0 Å². The van der Waals surface area contributed by atoms with E-state index in [1.165, 1.54) is 24.0 Å². The van der Waals surface area contributed by atoms with Crippen LogP contribution in [0.5, 0.6) is 0 Å². The third-order valence-corrected chi connectivity index (χ3v) is 3.88. The van der Waals surface area contributed by atoms with E-state index in [2.05, 4.69) is 42.7 Å². The molecule has 0 radical (unpaired) electrons. The molecule has 1 aliphatic heterocycles. The van der Waals surface area contributed by atoms with E-state index in [9.17, 15) is 0 Å². The molecule has 1 aromatic rings. The first-order valence-electron chi connectivity index (χ1n) is 5.91. The highest BCUT2D eigenvalue weighted by atomic mass is 32.1. The summed E-state index contributed by atoms with van der Waals surface area (Å²) in [6.07, 6.45) is 2.38. The number of nitrogen functional groups attached to an aromatic ring is 1. The maximum absolute atomic E-state index is 6.09. The summed E-state index contributed by atoms with van der Waals surface area (Å²) in [5.41, 5.74) is 9.48. The van der Waals surface area contributed by atoms with Crippen molar-refractivity contribution < 1.29 is 0 Å². The van der Waals surface area contributed by atoms with Crippen molar-refractivity contribution in [3.63, 3.8) is 0 Å². The first-order chi connectivity index (χ1) is 7.66. The zero-order valence-electron chi connectivity index (χ0n) is 9.82. The average molecular weight is 236 g/mol. The van der Waals surface area contributed by atoms with E-state index in [1.54, 1.807) is 0 Å². The van der Waals surface area contributed by atoms with Gasteiger partial charge in [0.1, 0.15) is 0 Å². The van der Waals surface area contributed by atoms with Crippen LogP contribution in [0, 0.1) is 6.92 Å². The highest BCUT2D eigenvalue weighted by Gasteiger charge is 2.17. The molecule has 0 amide bonds. The van der Waals surface area contributed by atoms with Gasteiger partial charge in [0.2, 0.25) is 0 Å². The number of para-hydroxylation sites is 1. The Morgan fingerprint density at radius 3 is 2.75 bits per heavy atom. The van der Waals surface area contributed by atoms with Crippen LogP contribution in [-0.2, 0) is 6.54 Å². The second kappa shape index (κ2) is 5.11. The van der Waals surface area contributed by atoms with E-state index in [4.69, 9.17) is 5.73 Å². The highest BCUT2D eigenvalue weighted by Crippen LogP contribution is 2.21. The number of aryl methyl sites for hydroxylation is 1. The smallest absolute Gasteiger partial charge is 0.0389 e. The van der Waals surface area contributed by atoms with Crippen LogP contribution < -0.4 is 5.73 Å². The first kappa shape index (κ1) is 11.8. The molecule has 2 N–H and O–H groups in total. The molecule has 0 unspecified atom stereocenters. The van der Waals surface area contributed by atoms with Gasteiger partial charge in [0.25, 0.3) is 0 Å². The largest absolute Gasteiger partial charge is 0.398 e. The number of thiol groups is 1. The Hall–Kier alpha value is -0.670. The molecular formula is C13H20N2S. The predicted octanol–water partition coefficient (Wildman–Crippen LogP) is 2.47. The monoisotopic (exact) mass is 236 g/mol. The zero-order valence-corrected chi connectivity index (χ0v) is 10.7. The number of benzene rings is 1. The van der Waals surface area contributed by atoms with E-state index < -0.39 is 0 Å². The van der Waals surface area contributed by atoms with Gasteiger partial charge in [-0.1, -0.05) is 18.2 Å². The molecule has 0 spiro atoms. The van der Waals surface area contributed by atoms with Gasteiger partial charge in [-0.2, -0.15) is 12.6 Å². The summed E-state index contributed by atoms with van der Waals surface area (Å²) < 4.78 is 0. The van der Waals surface area contributed by atoms with Crippen molar-refractivity contribution in [1.29, 1.82) is 0 Å². The van der Waals surface area contributed by atoms with Gasteiger partial charge in [0.05, 0.1) is 0 Å². The summed E-state index contributed by atoms with van der Waals surface area (Å²) in [5, 5.41) is 0.589. The first-order valence-corrected chi connectivity index (χ1v) is 6.43. The summed E-state index contributed by atoms with van der Waals surface area (Å²) >= 11 is 4.51. The van der Waals surface area contributed by atoms with E-state index in [1.807, 2.05) is 0 Å². The molecule has 1 saturated heterocycles. The van der Waals surface area contributed by atoms with Crippen LogP contribution in [0.4, 0.5) is 5.69 Å². The van der Waals surface area contributed by atoms with Gasteiger partial charge in [-0.15, -0.1) is 0 Å². The molecule has 0 aliphatic carbocycles. The van der Waals surface area contributed by atoms with Crippen molar-refractivity contribution >= 4 is 18.3 Å². The van der Waals surface area contributed by atoms with Crippen LogP contribution in [0.1, 0.15) is 24.0 Å². The third kappa shape index (κ3) is 2.71. The predicted molar refractivity (Wildman–Crippen MR) is 72.9 cm³/mol. The minimum atomic E-state index is 0.589. The fraction of sp³-hybridized carbons (Fsp3) is 0.538. The van der Waals surface area contributed by atoms with Crippen molar-refractivity contribution in [3.8, 4) is 0 Å². The number of likely N-dealkylation sites (tertiary alicyclic amines) is 1. The summed E-state index contributed by atoms with van der Waals surface area (Å²) in [4.78, 5) is 2.47. The van der Waals surface area contributed by atoms with E-state index in [0.717, 1.165) is 25.3 Å². The fourth-order valence-electron chi connectivity index (χ4n) is 2.20. The average Bonchev–Trinajstić information content (AvgIpc) is 2.28. The van der Waals surface area contributed by atoms with Crippen molar-refractivity contribution in [3.05, 3.63) is 29.3 Å². The summed E-state index contributed by atoms with van der Waals surface area (Å²) in [6, 6.07) is 6.29. The summed E-state index contributed by atoms with van der Waals surface area (Å²) in [7, 11) is 0. The SMILES string of the molecule is Cc1cccc(CN2CCC(S)CC2)c1N. The van der Waals surface area contributed by atoms with Crippen LogP contribution in [0.25, 0.3) is 0 Å². The minimum Gasteiger partial charge on any atom is -0.398 e. The second-order valence-electron chi connectivity index (χ2n) is 4.66. The van der Waals surface area contributed by atoms with Gasteiger partial charge in [0.15, 0.2) is 0 Å². The summed E-state index contributed by atoms with van der Waals surface area (Å²) in [5.74, 6) is 0. The van der Waals surface area contributed by atoms with Gasteiger partial charge < -0.3 is 5.73 Å². The fourth-order valence-corrected chi connectivity index (χ4v) is 2.43. The number of hydrogen-bond acceptors (Lipinski definition) is 3. The lowest BCUT2D eigenvalue weighted by molar-refractivity contribution is 0.225. The molecule has 1 aromatic carbocycles. The topological polar surface area (TPSA) is 29.3 Å². The summed E-state index contributed by atoms with van der Waals surface area (Å²) in [6.45, 7) is 5.33. The number of hydrogen-bond donors (Lipinski definition) is 2. The van der Waals surface area contributed by atoms with E-state index in [-0.39, 0.29) is 0 Å². The second-order valence-corrected chi connectivity index (χ2v) is 5.39.